The molecule has 0 atom stereocenters. The molecule has 0 aliphatic heterocycles. The van der Waals surface area contributed by atoms with Gasteiger partial charge in [-0.1, -0.05) is 17.7 Å². The molecule has 2 aromatic carbocycles. The molecule has 104 valence electrons. The molecule has 1 amide bonds. The minimum Gasteiger partial charge on any atom is -0.398 e. The van der Waals surface area contributed by atoms with E-state index in [2.05, 4.69) is 5.32 Å². The van der Waals surface area contributed by atoms with Crippen LogP contribution in [0.15, 0.2) is 47.4 Å². The van der Waals surface area contributed by atoms with Crippen LogP contribution in [0, 0.1) is 0 Å². The molecule has 0 aliphatic rings. The molecule has 0 aromatic heterocycles. The van der Waals surface area contributed by atoms with Crippen LogP contribution in [-0.2, 0) is 10.5 Å². The van der Waals surface area contributed by atoms with Crippen LogP contribution < -0.4 is 11.1 Å². The van der Waals surface area contributed by atoms with Crippen LogP contribution in [0.25, 0.3) is 0 Å². The van der Waals surface area contributed by atoms with Crippen LogP contribution in [-0.4, -0.2) is 5.91 Å². The van der Waals surface area contributed by atoms with E-state index in [-0.39, 0.29) is 5.91 Å². The molecular weight excluding hydrogens is 292 g/mol. The fourth-order valence-corrected chi connectivity index (χ4v) is 3.01. The van der Waals surface area contributed by atoms with Crippen LogP contribution in [0.4, 0.5) is 11.4 Å². The van der Waals surface area contributed by atoms with Gasteiger partial charge in [0.1, 0.15) is 0 Å². The molecule has 3 N–H and O–H groups in total. The van der Waals surface area contributed by atoms with Crippen molar-refractivity contribution in [1.29, 1.82) is 0 Å². The van der Waals surface area contributed by atoms with Crippen molar-refractivity contribution >= 4 is 40.6 Å². The van der Waals surface area contributed by atoms with Gasteiger partial charge in [-0.25, -0.2) is 0 Å². The van der Waals surface area contributed by atoms with Gasteiger partial charge in [-0.15, -0.1) is 11.8 Å². The van der Waals surface area contributed by atoms with E-state index in [9.17, 15) is 4.79 Å². The molecule has 0 saturated carbocycles. The van der Waals surface area contributed by atoms with Crippen LogP contribution in [0.2, 0.25) is 5.02 Å². The minimum atomic E-state index is -0.0748. The Kier molecular flexibility index (Phi) is 4.93. The molecule has 2 aromatic rings. The molecule has 2 rings (SSSR count). The van der Waals surface area contributed by atoms with E-state index >= 15 is 0 Å². The standard InChI is InChI=1S/C15H15ClN2OS/c1-10(19)18-11-5-7-12(8-6-11)20-9-13-14(16)3-2-4-15(13)17/h2-8H,9,17H2,1H3,(H,18,19). The Hall–Kier alpha value is -1.65. The van der Waals surface area contributed by atoms with E-state index in [1.807, 2.05) is 42.5 Å². The molecular formula is C15H15ClN2OS. The molecule has 0 spiro atoms. The summed E-state index contributed by atoms with van der Waals surface area (Å²) in [5.41, 5.74) is 8.37. The fraction of sp³-hybridized carbons (Fsp3) is 0.133. The van der Waals surface area contributed by atoms with Crippen molar-refractivity contribution in [2.24, 2.45) is 0 Å². The first-order valence-electron chi connectivity index (χ1n) is 6.09. The number of nitrogens with two attached hydrogens (primary N) is 1. The summed E-state index contributed by atoms with van der Waals surface area (Å²) in [6.07, 6.45) is 0. The number of hydrogen-bond donors (Lipinski definition) is 2. The largest absolute Gasteiger partial charge is 0.398 e. The molecule has 5 heteroatoms. The first-order valence-corrected chi connectivity index (χ1v) is 7.46. The zero-order valence-corrected chi connectivity index (χ0v) is 12.6. The SMILES string of the molecule is CC(=O)Nc1ccc(SCc2c(N)cccc2Cl)cc1. The highest BCUT2D eigenvalue weighted by Crippen LogP contribution is 2.30. The summed E-state index contributed by atoms with van der Waals surface area (Å²) in [4.78, 5) is 12.0. The van der Waals surface area contributed by atoms with Gasteiger partial charge in [-0.2, -0.15) is 0 Å². The van der Waals surface area contributed by atoms with E-state index in [0.717, 1.165) is 16.1 Å². The number of rotatable bonds is 4. The highest BCUT2D eigenvalue weighted by molar-refractivity contribution is 7.98. The molecule has 0 aliphatic carbocycles. The number of carbonyl (C=O) groups is 1. The Labute approximate surface area is 127 Å². The molecule has 0 fully saturated rings. The van der Waals surface area contributed by atoms with Crippen LogP contribution in [0.5, 0.6) is 0 Å². The number of thioether (sulfide) groups is 1. The predicted molar refractivity (Wildman–Crippen MR) is 86.2 cm³/mol. The number of anilines is 2. The van der Waals surface area contributed by atoms with Gasteiger partial charge < -0.3 is 11.1 Å². The molecule has 0 heterocycles. The third-order valence-corrected chi connectivity index (χ3v) is 4.11. The number of benzene rings is 2. The van der Waals surface area contributed by atoms with Gasteiger partial charge in [-0.05, 0) is 36.4 Å². The van der Waals surface area contributed by atoms with Crippen molar-refractivity contribution in [3.8, 4) is 0 Å². The quantitative estimate of drug-likeness (QED) is 0.658. The van der Waals surface area contributed by atoms with E-state index in [4.69, 9.17) is 17.3 Å². The number of nitrogens with one attached hydrogen (secondary N) is 1. The first-order chi connectivity index (χ1) is 9.56. The predicted octanol–water partition coefficient (Wildman–Crippen LogP) is 4.17. The third-order valence-electron chi connectivity index (χ3n) is 2.71. The van der Waals surface area contributed by atoms with Crippen molar-refractivity contribution in [3.63, 3.8) is 0 Å². The van der Waals surface area contributed by atoms with Crippen molar-refractivity contribution in [2.75, 3.05) is 11.1 Å². The van der Waals surface area contributed by atoms with Crippen LogP contribution in [0.3, 0.4) is 0 Å². The summed E-state index contributed by atoms with van der Waals surface area (Å²) in [5.74, 6) is 0.639. The van der Waals surface area contributed by atoms with Gasteiger partial charge in [0.05, 0.1) is 0 Å². The zero-order chi connectivity index (χ0) is 14.5. The highest BCUT2D eigenvalue weighted by Gasteiger charge is 2.05. The van der Waals surface area contributed by atoms with Gasteiger partial charge in [0, 0.05) is 39.5 Å². The van der Waals surface area contributed by atoms with E-state index < -0.39 is 0 Å². The molecule has 0 unspecified atom stereocenters. The Balaban J connectivity index is 2.02. The van der Waals surface area contributed by atoms with Gasteiger partial charge >= 0.3 is 0 Å². The highest BCUT2D eigenvalue weighted by atomic mass is 35.5. The molecule has 20 heavy (non-hydrogen) atoms. The molecule has 0 radical (unpaired) electrons. The lowest BCUT2D eigenvalue weighted by Crippen LogP contribution is -2.05. The van der Waals surface area contributed by atoms with Crippen molar-refractivity contribution < 1.29 is 4.79 Å². The van der Waals surface area contributed by atoms with Crippen LogP contribution in [0.1, 0.15) is 12.5 Å². The van der Waals surface area contributed by atoms with E-state index in [0.29, 0.717) is 16.5 Å². The number of hydrogen-bond acceptors (Lipinski definition) is 3. The Morgan fingerprint density at radius 1 is 1.25 bits per heavy atom. The Morgan fingerprint density at radius 2 is 1.95 bits per heavy atom. The molecule has 0 bridgehead atoms. The lowest BCUT2D eigenvalue weighted by molar-refractivity contribution is -0.114. The fourth-order valence-electron chi connectivity index (χ4n) is 1.72. The van der Waals surface area contributed by atoms with Crippen molar-refractivity contribution in [1.82, 2.24) is 0 Å². The van der Waals surface area contributed by atoms with Gasteiger partial charge in [0.15, 0.2) is 0 Å². The topological polar surface area (TPSA) is 55.1 Å². The van der Waals surface area contributed by atoms with E-state index in [1.54, 1.807) is 11.8 Å². The maximum atomic E-state index is 10.9. The molecule has 3 nitrogen and oxygen atoms in total. The summed E-state index contributed by atoms with van der Waals surface area (Å²) < 4.78 is 0. The second-order valence-corrected chi connectivity index (χ2v) is 5.76. The zero-order valence-electron chi connectivity index (χ0n) is 11.0. The second kappa shape index (κ2) is 6.68. The van der Waals surface area contributed by atoms with Crippen molar-refractivity contribution in [2.45, 2.75) is 17.6 Å². The Morgan fingerprint density at radius 3 is 2.55 bits per heavy atom. The minimum absolute atomic E-state index is 0.0748. The lowest BCUT2D eigenvalue weighted by atomic mass is 10.2. The number of nitrogen functional groups attached to an aromatic ring is 1. The third kappa shape index (κ3) is 3.92. The first kappa shape index (κ1) is 14.8. The smallest absolute Gasteiger partial charge is 0.221 e. The lowest BCUT2D eigenvalue weighted by Gasteiger charge is -2.08. The summed E-state index contributed by atoms with van der Waals surface area (Å²) in [5, 5.41) is 3.42. The van der Waals surface area contributed by atoms with Gasteiger partial charge in [-0.3, -0.25) is 4.79 Å². The monoisotopic (exact) mass is 306 g/mol. The second-order valence-electron chi connectivity index (χ2n) is 4.30. The summed E-state index contributed by atoms with van der Waals surface area (Å²) in [6, 6.07) is 13.2. The summed E-state index contributed by atoms with van der Waals surface area (Å²) in [7, 11) is 0. The van der Waals surface area contributed by atoms with Gasteiger partial charge in [0.2, 0.25) is 5.91 Å². The normalized spacial score (nSPS) is 10.3. The van der Waals surface area contributed by atoms with Crippen LogP contribution >= 0.6 is 23.4 Å². The maximum absolute atomic E-state index is 10.9. The van der Waals surface area contributed by atoms with Gasteiger partial charge in [0.25, 0.3) is 0 Å². The number of amides is 1. The Bertz CT molecular complexity index is 594. The summed E-state index contributed by atoms with van der Waals surface area (Å²) in [6.45, 7) is 1.49. The summed E-state index contributed by atoms with van der Waals surface area (Å²) >= 11 is 7.79. The number of halogens is 1. The maximum Gasteiger partial charge on any atom is 0.221 e. The average molecular weight is 307 g/mol. The van der Waals surface area contributed by atoms with Crippen molar-refractivity contribution in [3.05, 3.63) is 53.1 Å². The van der Waals surface area contributed by atoms with E-state index in [1.165, 1.54) is 6.92 Å². The number of carbonyl (C=O) groups excluding carboxylic acids is 1. The average Bonchev–Trinajstić information content (AvgIpc) is 2.39. The molecule has 0 saturated heterocycles.